The zero-order valence-corrected chi connectivity index (χ0v) is 18.1. The van der Waals surface area contributed by atoms with E-state index in [0.29, 0.717) is 15.9 Å². The SMILES string of the molecule is CCOC(=O)Oc1ccc(C(=O)Nc2cccc(CNC(=O)c3ccc(Br)o3)c2)cc1. The van der Waals surface area contributed by atoms with Gasteiger partial charge in [0.15, 0.2) is 10.4 Å². The van der Waals surface area contributed by atoms with Gasteiger partial charge in [-0.15, -0.1) is 0 Å². The molecule has 0 fully saturated rings. The van der Waals surface area contributed by atoms with Crippen molar-refractivity contribution in [3.05, 3.63) is 82.2 Å². The highest BCUT2D eigenvalue weighted by Gasteiger charge is 2.11. The number of furan rings is 1. The molecule has 0 radical (unpaired) electrons. The van der Waals surface area contributed by atoms with E-state index in [-0.39, 0.29) is 36.5 Å². The minimum atomic E-state index is -0.803. The van der Waals surface area contributed by atoms with Gasteiger partial charge in [0.2, 0.25) is 0 Å². The van der Waals surface area contributed by atoms with E-state index in [9.17, 15) is 14.4 Å². The second kappa shape index (κ2) is 10.4. The van der Waals surface area contributed by atoms with Gasteiger partial charge in [-0.2, -0.15) is 0 Å². The number of carbonyl (C=O) groups is 3. The number of ether oxygens (including phenoxy) is 2. The number of amides is 2. The van der Waals surface area contributed by atoms with Crippen LogP contribution in [0.15, 0.2) is 69.8 Å². The Bertz CT molecular complexity index is 1080. The van der Waals surface area contributed by atoms with Crippen LogP contribution in [0.1, 0.15) is 33.4 Å². The molecule has 3 aromatic rings. The summed E-state index contributed by atoms with van der Waals surface area (Å²) in [5, 5.41) is 5.55. The predicted octanol–water partition coefficient (Wildman–Crippen LogP) is 4.76. The number of rotatable bonds is 7. The number of hydrogen-bond donors (Lipinski definition) is 2. The molecule has 0 aliphatic carbocycles. The first-order valence-corrected chi connectivity index (χ1v) is 10.1. The largest absolute Gasteiger partial charge is 0.513 e. The Labute approximate surface area is 186 Å². The predicted molar refractivity (Wildman–Crippen MR) is 116 cm³/mol. The summed E-state index contributed by atoms with van der Waals surface area (Å²) in [6.45, 7) is 2.15. The van der Waals surface area contributed by atoms with Crippen LogP contribution < -0.4 is 15.4 Å². The van der Waals surface area contributed by atoms with E-state index in [1.165, 1.54) is 24.3 Å². The fraction of sp³-hybridized carbons (Fsp3) is 0.136. The molecule has 1 aromatic heterocycles. The van der Waals surface area contributed by atoms with Crippen molar-refractivity contribution < 1.29 is 28.3 Å². The first-order valence-electron chi connectivity index (χ1n) is 9.33. The van der Waals surface area contributed by atoms with Gasteiger partial charge in [-0.1, -0.05) is 12.1 Å². The van der Waals surface area contributed by atoms with Crippen molar-refractivity contribution in [2.45, 2.75) is 13.5 Å². The molecule has 160 valence electrons. The monoisotopic (exact) mass is 486 g/mol. The van der Waals surface area contributed by atoms with Gasteiger partial charge in [0.25, 0.3) is 11.8 Å². The lowest BCUT2D eigenvalue weighted by Gasteiger charge is -2.09. The number of carbonyl (C=O) groups excluding carboxylic acids is 3. The summed E-state index contributed by atoms with van der Waals surface area (Å²) < 4.78 is 15.4. The summed E-state index contributed by atoms with van der Waals surface area (Å²) >= 11 is 3.15. The molecule has 2 N–H and O–H groups in total. The van der Waals surface area contributed by atoms with Crippen LogP contribution in [-0.4, -0.2) is 24.6 Å². The molecule has 0 saturated heterocycles. The second-order valence-electron chi connectivity index (χ2n) is 6.25. The third kappa shape index (κ3) is 6.45. The first-order chi connectivity index (χ1) is 14.9. The Morgan fingerprint density at radius 2 is 1.77 bits per heavy atom. The van der Waals surface area contributed by atoms with Crippen LogP contribution in [-0.2, 0) is 11.3 Å². The molecule has 31 heavy (non-hydrogen) atoms. The third-order valence-corrected chi connectivity index (χ3v) is 4.44. The molecule has 0 spiro atoms. The molecule has 1 heterocycles. The van der Waals surface area contributed by atoms with Crippen molar-refractivity contribution in [3.8, 4) is 5.75 Å². The van der Waals surface area contributed by atoms with E-state index in [0.717, 1.165) is 5.56 Å². The van der Waals surface area contributed by atoms with Gasteiger partial charge in [-0.3, -0.25) is 9.59 Å². The fourth-order valence-electron chi connectivity index (χ4n) is 2.59. The Morgan fingerprint density at radius 3 is 2.45 bits per heavy atom. The van der Waals surface area contributed by atoms with Crippen LogP contribution in [0.3, 0.4) is 0 Å². The average molecular weight is 487 g/mol. The maximum atomic E-state index is 12.5. The van der Waals surface area contributed by atoms with Gasteiger partial charge in [-0.05, 0) is 76.9 Å². The van der Waals surface area contributed by atoms with Crippen LogP contribution in [0, 0.1) is 0 Å². The van der Waals surface area contributed by atoms with Crippen LogP contribution in [0.25, 0.3) is 0 Å². The van der Waals surface area contributed by atoms with Gasteiger partial charge in [0, 0.05) is 17.8 Å². The van der Waals surface area contributed by atoms with E-state index in [4.69, 9.17) is 13.9 Å². The van der Waals surface area contributed by atoms with Crippen molar-refractivity contribution in [1.82, 2.24) is 5.32 Å². The zero-order chi connectivity index (χ0) is 22.2. The summed E-state index contributed by atoms with van der Waals surface area (Å²) in [5.74, 6) is -0.197. The van der Waals surface area contributed by atoms with E-state index < -0.39 is 6.16 Å². The van der Waals surface area contributed by atoms with Gasteiger partial charge >= 0.3 is 6.16 Å². The van der Waals surface area contributed by atoms with Gasteiger partial charge < -0.3 is 24.5 Å². The Kier molecular flexibility index (Phi) is 7.45. The lowest BCUT2D eigenvalue weighted by molar-refractivity contribution is 0.0920. The van der Waals surface area contributed by atoms with Crippen molar-refractivity contribution in [2.24, 2.45) is 0 Å². The Balaban J connectivity index is 1.56. The van der Waals surface area contributed by atoms with E-state index in [1.807, 2.05) is 6.07 Å². The van der Waals surface area contributed by atoms with Gasteiger partial charge in [-0.25, -0.2) is 4.79 Å². The molecule has 0 bridgehead atoms. The Hall–Kier alpha value is -3.59. The summed E-state index contributed by atoms with van der Waals surface area (Å²) in [4.78, 5) is 35.9. The maximum Gasteiger partial charge on any atom is 0.513 e. The molecule has 0 aliphatic heterocycles. The number of benzene rings is 2. The molecule has 0 unspecified atom stereocenters. The summed E-state index contributed by atoms with van der Waals surface area (Å²) in [7, 11) is 0. The lowest BCUT2D eigenvalue weighted by atomic mass is 10.1. The molecule has 0 aliphatic rings. The van der Waals surface area contributed by atoms with Crippen molar-refractivity contribution in [2.75, 3.05) is 11.9 Å². The normalized spacial score (nSPS) is 10.3. The molecule has 2 amide bonds. The van der Waals surface area contributed by atoms with Crippen molar-refractivity contribution in [1.29, 1.82) is 0 Å². The molecule has 9 heteroatoms. The van der Waals surface area contributed by atoms with Crippen LogP contribution >= 0.6 is 15.9 Å². The Morgan fingerprint density at radius 1 is 1.00 bits per heavy atom. The molecule has 3 rings (SSSR count). The molecular weight excluding hydrogens is 468 g/mol. The summed E-state index contributed by atoms with van der Waals surface area (Å²) in [6, 6.07) is 16.4. The second-order valence-corrected chi connectivity index (χ2v) is 7.03. The minimum absolute atomic E-state index is 0.201. The van der Waals surface area contributed by atoms with Gasteiger partial charge in [0.1, 0.15) is 5.75 Å². The van der Waals surface area contributed by atoms with E-state index in [1.54, 1.807) is 37.3 Å². The highest BCUT2D eigenvalue weighted by molar-refractivity contribution is 9.10. The number of anilines is 1. The van der Waals surface area contributed by atoms with Crippen LogP contribution in [0.5, 0.6) is 5.75 Å². The third-order valence-electron chi connectivity index (χ3n) is 4.01. The highest BCUT2D eigenvalue weighted by atomic mass is 79.9. The maximum absolute atomic E-state index is 12.5. The van der Waals surface area contributed by atoms with E-state index >= 15 is 0 Å². The fourth-order valence-corrected chi connectivity index (χ4v) is 2.89. The van der Waals surface area contributed by atoms with Crippen LogP contribution in [0.4, 0.5) is 10.5 Å². The molecule has 8 nitrogen and oxygen atoms in total. The summed E-state index contributed by atoms with van der Waals surface area (Å²) in [6.07, 6.45) is -0.803. The average Bonchev–Trinajstić information content (AvgIpc) is 3.19. The standard InChI is InChI=1S/C22H19BrN2O6/c1-2-29-22(28)30-17-8-6-15(7-9-17)20(26)25-16-5-3-4-14(12-16)13-24-21(27)18-10-11-19(23)31-18/h3-12H,2,13H2,1H3,(H,24,27)(H,25,26). The van der Waals surface area contributed by atoms with Crippen LogP contribution in [0.2, 0.25) is 0 Å². The first kappa shape index (κ1) is 22.1. The molecule has 0 atom stereocenters. The molecule has 2 aromatic carbocycles. The lowest BCUT2D eigenvalue weighted by Crippen LogP contribution is -2.22. The number of nitrogens with one attached hydrogen (secondary N) is 2. The number of halogens is 1. The quantitative estimate of drug-likeness (QED) is 0.368. The smallest absolute Gasteiger partial charge is 0.444 e. The molecular formula is C22H19BrN2O6. The van der Waals surface area contributed by atoms with E-state index in [2.05, 4.69) is 26.6 Å². The molecule has 0 saturated carbocycles. The summed E-state index contributed by atoms with van der Waals surface area (Å²) in [5.41, 5.74) is 1.76. The van der Waals surface area contributed by atoms with Crippen molar-refractivity contribution >= 4 is 39.6 Å². The van der Waals surface area contributed by atoms with Crippen molar-refractivity contribution in [3.63, 3.8) is 0 Å². The minimum Gasteiger partial charge on any atom is -0.444 e. The highest BCUT2D eigenvalue weighted by Crippen LogP contribution is 2.17. The topological polar surface area (TPSA) is 107 Å². The van der Waals surface area contributed by atoms with Gasteiger partial charge in [0.05, 0.1) is 6.61 Å². The number of hydrogen-bond acceptors (Lipinski definition) is 6. The zero-order valence-electron chi connectivity index (χ0n) is 16.5.